The number of aliphatic hydroxyl groups is 1. The first kappa shape index (κ1) is 20.6. The van der Waals surface area contributed by atoms with Crippen LogP contribution in [-0.4, -0.2) is 73.0 Å². The summed E-state index contributed by atoms with van der Waals surface area (Å²) >= 11 is 0. The number of aliphatic hydroxyl groups excluding tert-OH is 1. The molecular weight excluding hydrogens is 366 g/mol. The van der Waals surface area contributed by atoms with Gasteiger partial charge in [0.15, 0.2) is 0 Å². The van der Waals surface area contributed by atoms with Crippen molar-refractivity contribution in [1.29, 1.82) is 0 Å². The molecule has 2 saturated heterocycles. The molecule has 3 aliphatic heterocycles. The van der Waals surface area contributed by atoms with E-state index in [1.807, 2.05) is 4.90 Å². The Kier molecular flexibility index (Phi) is 7.06. The van der Waals surface area contributed by atoms with Crippen molar-refractivity contribution in [3.63, 3.8) is 0 Å². The molecule has 6 heteroatoms. The van der Waals surface area contributed by atoms with Crippen LogP contribution in [0.1, 0.15) is 36.8 Å². The van der Waals surface area contributed by atoms with E-state index in [0.717, 1.165) is 65.1 Å². The van der Waals surface area contributed by atoms with Crippen molar-refractivity contribution in [3.05, 3.63) is 35.4 Å². The largest absolute Gasteiger partial charge is 0.390 e. The molecule has 2 fully saturated rings. The number of rotatable bonds is 5. The van der Waals surface area contributed by atoms with Gasteiger partial charge in [-0.2, -0.15) is 0 Å². The average molecular weight is 402 g/mol. The molecule has 29 heavy (non-hydrogen) atoms. The number of nitrogens with zero attached hydrogens (tertiary/aromatic N) is 2. The number of ether oxygens (including phenoxy) is 1. The number of carbonyl (C=O) groups excluding carboxylic acids is 1. The third-order valence-corrected chi connectivity index (χ3v) is 6.85. The second-order valence-electron chi connectivity index (χ2n) is 8.89. The molecule has 0 spiro atoms. The van der Waals surface area contributed by atoms with E-state index in [2.05, 4.69) is 34.5 Å². The lowest BCUT2D eigenvalue weighted by Gasteiger charge is -2.38. The second-order valence-corrected chi connectivity index (χ2v) is 8.89. The zero-order valence-corrected chi connectivity index (χ0v) is 17.4. The van der Waals surface area contributed by atoms with E-state index >= 15 is 0 Å². The van der Waals surface area contributed by atoms with Gasteiger partial charge in [-0.15, -0.1) is 0 Å². The molecule has 160 valence electrons. The topological polar surface area (TPSA) is 65.0 Å². The van der Waals surface area contributed by atoms with Crippen molar-refractivity contribution >= 4 is 6.03 Å². The van der Waals surface area contributed by atoms with Gasteiger partial charge < -0.3 is 20.1 Å². The van der Waals surface area contributed by atoms with Gasteiger partial charge >= 0.3 is 6.03 Å². The summed E-state index contributed by atoms with van der Waals surface area (Å²) in [7, 11) is 0. The lowest BCUT2D eigenvalue weighted by Crippen LogP contribution is -2.50. The maximum Gasteiger partial charge on any atom is 0.317 e. The summed E-state index contributed by atoms with van der Waals surface area (Å²) < 4.78 is 5.49. The molecule has 4 rings (SSSR count). The average Bonchev–Trinajstić information content (AvgIpc) is 2.78. The minimum absolute atomic E-state index is 0.0233. The molecule has 0 bridgehead atoms. The molecule has 2 N–H and O–H groups in total. The number of fused-ring (bicyclic) bond motifs is 1. The van der Waals surface area contributed by atoms with E-state index in [0.29, 0.717) is 24.9 Å². The number of hydrogen-bond acceptors (Lipinski definition) is 4. The summed E-state index contributed by atoms with van der Waals surface area (Å²) in [6.45, 7) is 6.14. The number of benzene rings is 1. The molecule has 2 amide bonds. The van der Waals surface area contributed by atoms with Crippen LogP contribution in [0.5, 0.6) is 0 Å². The number of urea groups is 1. The third-order valence-electron chi connectivity index (χ3n) is 6.85. The molecule has 2 atom stereocenters. The number of β-amino-alcohol motifs (C(OH)–C–C–N with tert-alkyl or cyclic N) is 1. The molecule has 0 radical (unpaired) electrons. The first-order valence-electron chi connectivity index (χ1n) is 11.3. The number of amides is 2. The number of carbonyl (C=O) groups is 1. The summed E-state index contributed by atoms with van der Waals surface area (Å²) in [4.78, 5) is 16.9. The van der Waals surface area contributed by atoms with E-state index in [1.54, 1.807) is 0 Å². The zero-order valence-electron chi connectivity index (χ0n) is 17.4. The highest BCUT2D eigenvalue weighted by Crippen LogP contribution is 2.30. The Bertz CT molecular complexity index is 677. The zero-order chi connectivity index (χ0) is 20.1. The Hall–Kier alpha value is -1.63. The van der Waals surface area contributed by atoms with Crippen molar-refractivity contribution in [2.75, 3.05) is 45.9 Å². The fourth-order valence-corrected chi connectivity index (χ4v) is 5.16. The van der Waals surface area contributed by atoms with Crippen LogP contribution in [0.15, 0.2) is 24.3 Å². The molecular formula is C23H35N3O3. The van der Waals surface area contributed by atoms with Crippen LogP contribution < -0.4 is 5.32 Å². The fourth-order valence-electron chi connectivity index (χ4n) is 5.16. The molecule has 6 nitrogen and oxygen atoms in total. The van der Waals surface area contributed by atoms with Gasteiger partial charge in [-0.05, 0) is 55.1 Å². The molecule has 1 aromatic carbocycles. The number of likely N-dealkylation sites (tertiary alicyclic amines) is 1. The van der Waals surface area contributed by atoms with Crippen LogP contribution in [-0.2, 0) is 17.7 Å². The maximum atomic E-state index is 12.7. The van der Waals surface area contributed by atoms with E-state index < -0.39 is 6.10 Å². The summed E-state index contributed by atoms with van der Waals surface area (Å²) in [6, 6.07) is 8.50. The third kappa shape index (κ3) is 5.50. The van der Waals surface area contributed by atoms with Crippen molar-refractivity contribution in [2.45, 2.75) is 44.8 Å². The van der Waals surface area contributed by atoms with Gasteiger partial charge in [0.2, 0.25) is 0 Å². The minimum Gasteiger partial charge on any atom is -0.390 e. The molecule has 1 aromatic rings. The Labute approximate surface area is 174 Å². The van der Waals surface area contributed by atoms with Gasteiger partial charge in [-0.1, -0.05) is 24.3 Å². The van der Waals surface area contributed by atoms with Gasteiger partial charge in [-0.25, -0.2) is 4.79 Å². The summed E-state index contributed by atoms with van der Waals surface area (Å²) in [6.07, 6.45) is 5.02. The van der Waals surface area contributed by atoms with E-state index in [9.17, 15) is 9.90 Å². The minimum atomic E-state index is -0.541. The molecule has 0 aliphatic carbocycles. The highest BCUT2D eigenvalue weighted by molar-refractivity contribution is 5.74. The molecule has 0 aromatic heterocycles. The first-order chi connectivity index (χ1) is 14.2. The van der Waals surface area contributed by atoms with Crippen molar-refractivity contribution in [1.82, 2.24) is 15.1 Å². The standard InChI is InChI=1S/C23H35N3O3/c27-22(17-25-11-7-18-4-1-2-5-20(18)15-25)14-24-23(28)26-10-3-6-21(16-26)19-8-12-29-13-9-19/h1-2,4-5,19,21-22,27H,3,6-17H2,(H,24,28)/t21-,22?/m1/s1. The SMILES string of the molecule is O=C(NCC(O)CN1CCc2ccccc2C1)N1CCC[C@@H](C2CCOCC2)C1. The van der Waals surface area contributed by atoms with Crippen LogP contribution >= 0.6 is 0 Å². The quantitative estimate of drug-likeness (QED) is 0.794. The fraction of sp³-hybridized carbons (Fsp3) is 0.696. The monoisotopic (exact) mass is 401 g/mol. The van der Waals surface area contributed by atoms with Gasteiger partial charge in [0.1, 0.15) is 0 Å². The van der Waals surface area contributed by atoms with Crippen molar-refractivity contribution < 1.29 is 14.6 Å². The Morgan fingerprint density at radius 1 is 1.14 bits per heavy atom. The van der Waals surface area contributed by atoms with E-state index in [4.69, 9.17) is 4.74 Å². The van der Waals surface area contributed by atoms with Gasteiger partial charge in [0.25, 0.3) is 0 Å². The lowest BCUT2D eigenvalue weighted by molar-refractivity contribution is 0.0311. The van der Waals surface area contributed by atoms with E-state index in [-0.39, 0.29) is 6.03 Å². The maximum absolute atomic E-state index is 12.7. The van der Waals surface area contributed by atoms with Crippen LogP contribution in [0.25, 0.3) is 0 Å². The summed E-state index contributed by atoms with van der Waals surface area (Å²) in [5.41, 5.74) is 2.76. The van der Waals surface area contributed by atoms with Crippen molar-refractivity contribution in [2.24, 2.45) is 11.8 Å². The highest BCUT2D eigenvalue weighted by atomic mass is 16.5. The molecule has 3 aliphatic rings. The molecule has 0 saturated carbocycles. The summed E-state index contributed by atoms with van der Waals surface area (Å²) in [5.74, 6) is 1.28. The predicted octanol–water partition coefficient (Wildman–Crippen LogP) is 2.25. The number of hydrogen-bond donors (Lipinski definition) is 2. The van der Waals surface area contributed by atoms with Crippen LogP contribution in [0.3, 0.4) is 0 Å². The normalized spacial score (nSPS) is 24.7. The Balaban J connectivity index is 1.20. The summed E-state index contributed by atoms with van der Waals surface area (Å²) in [5, 5.41) is 13.4. The predicted molar refractivity (Wildman–Crippen MR) is 113 cm³/mol. The highest BCUT2D eigenvalue weighted by Gasteiger charge is 2.30. The Morgan fingerprint density at radius 2 is 1.93 bits per heavy atom. The van der Waals surface area contributed by atoms with Crippen LogP contribution in [0, 0.1) is 11.8 Å². The van der Waals surface area contributed by atoms with Gasteiger partial charge in [0, 0.05) is 52.5 Å². The van der Waals surface area contributed by atoms with E-state index in [1.165, 1.54) is 17.5 Å². The molecule has 1 unspecified atom stereocenters. The number of piperidine rings is 1. The van der Waals surface area contributed by atoms with Crippen LogP contribution in [0.4, 0.5) is 4.79 Å². The first-order valence-corrected chi connectivity index (χ1v) is 11.3. The van der Waals surface area contributed by atoms with Gasteiger partial charge in [0.05, 0.1) is 6.10 Å². The smallest absolute Gasteiger partial charge is 0.317 e. The second kappa shape index (κ2) is 9.92. The van der Waals surface area contributed by atoms with Crippen LogP contribution in [0.2, 0.25) is 0 Å². The molecule has 3 heterocycles. The van der Waals surface area contributed by atoms with Crippen molar-refractivity contribution in [3.8, 4) is 0 Å². The van der Waals surface area contributed by atoms with Gasteiger partial charge in [-0.3, -0.25) is 4.90 Å². The Morgan fingerprint density at radius 3 is 2.76 bits per heavy atom. The lowest BCUT2D eigenvalue weighted by atomic mass is 9.81. The number of nitrogens with one attached hydrogen (secondary N) is 1.